The SMILES string of the molecule is CCC(C)C(O)OCC(O)COC(=O)CCSCC(C)C(=O)NCC(N)O. The van der Waals surface area contributed by atoms with E-state index in [1.54, 1.807) is 6.92 Å². The maximum Gasteiger partial charge on any atom is 0.306 e. The van der Waals surface area contributed by atoms with Crippen molar-refractivity contribution in [3.63, 3.8) is 0 Å². The molecule has 0 fully saturated rings. The predicted octanol–water partition coefficient (Wildman–Crippen LogP) is -0.576. The molecule has 10 heteroatoms. The highest BCUT2D eigenvalue weighted by molar-refractivity contribution is 7.99. The van der Waals surface area contributed by atoms with Crippen molar-refractivity contribution >= 4 is 23.6 Å². The van der Waals surface area contributed by atoms with E-state index in [0.717, 1.165) is 6.42 Å². The number of carbonyl (C=O) groups is 2. The first-order valence-electron chi connectivity index (χ1n) is 9.09. The average Bonchev–Trinajstić information content (AvgIpc) is 2.64. The van der Waals surface area contributed by atoms with Crippen molar-refractivity contribution in [2.75, 3.05) is 31.3 Å². The Hall–Kier alpha value is -0.910. The summed E-state index contributed by atoms with van der Waals surface area (Å²) in [4.78, 5) is 23.3. The van der Waals surface area contributed by atoms with E-state index in [1.807, 2.05) is 13.8 Å². The highest BCUT2D eigenvalue weighted by Gasteiger charge is 2.16. The molecule has 0 heterocycles. The monoisotopic (exact) mass is 410 g/mol. The number of aliphatic hydroxyl groups excluding tert-OH is 3. The van der Waals surface area contributed by atoms with Gasteiger partial charge in [0.05, 0.1) is 19.6 Å². The summed E-state index contributed by atoms with van der Waals surface area (Å²) in [6.45, 7) is 5.19. The Balaban J connectivity index is 3.78. The summed E-state index contributed by atoms with van der Waals surface area (Å²) in [6, 6.07) is 0. The second-order valence-corrected chi connectivity index (χ2v) is 7.63. The highest BCUT2D eigenvalue weighted by atomic mass is 32.2. The molecule has 0 aliphatic carbocycles. The Labute approximate surface area is 165 Å². The molecule has 0 saturated carbocycles. The molecule has 0 rings (SSSR count). The Morgan fingerprint density at radius 2 is 1.85 bits per heavy atom. The van der Waals surface area contributed by atoms with Gasteiger partial charge in [-0.1, -0.05) is 20.8 Å². The molecule has 0 bridgehead atoms. The Kier molecular flexibility index (Phi) is 14.6. The number of aliphatic hydroxyl groups is 3. The Morgan fingerprint density at radius 1 is 1.19 bits per heavy atom. The summed E-state index contributed by atoms with van der Waals surface area (Å²) in [5.74, 6) is 0.0194. The van der Waals surface area contributed by atoms with Crippen molar-refractivity contribution in [2.24, 2.45) is 17.6 Å². The molecule has 0 aliphatic rings. The molecule has 9 nitrogen and oxygen atoms in total. The first-order valence-corrected chi connectivity index (χ1v) is 10.2. The zero-order chi connectivity index (χ0) is 20.8. The lowest BCUT2D eigenvalue weighted by molar-refractivity contribution is -0.161. The summed E-state index contributed by atoms with van der Waals surface area (Å²) < 4.78 is 10.1. The van der Waals surface area contributed by atoms with Gasteiger partial charge >= 0.3 is 5.97 Å². The van der Waals surface area contributed by atoms with E-state index in [1.165, 1.54) is 11.8 Å². The molecule has 0 aromatic heterocycles. The molecule has 0 saturated heterocycles. The number of nitrogens with two attached hydrogens (primary N) is 1. The van der Waals surface area contributed by atoms with Crippen LogP contribution in [0.4, 0.5) is 0 Å². The van der Waals surface area contributed by atoms with Gasteiger partial charge in [0.15, 0.2) is 6.29 Å². The lowest BCUT2D eigenvalue weighted by atomic mass is 10.1. The predicted molar refractivity (Wildman–Crippen MR) is 103 cm³/mol. The maximum absolute atomic E-state index is 11.7. The first kappa shape index (κ1) is 26.1. The van der Waals surface area contributed by atoms with Crippen LogP contribution in [0, 0.1) is 11.8 Å². The van der Waals surface area contributed by atoms with Crippen LogP contribution in [-0.2, 0) is 19.1 Å². The number of hydrogen-bond donors (Lipinski definition) is 5. The quantitative estimate of drug-likeness (QED) is 0.136. The fourth-order valence-corrected chi connectivity index (χ4v) is 2.74. The molecule has 6 N–H and O–H groups in total. The standard InChI is InChI=1S/C17H34N2O7S/c1-4-11(2)17(24)26-9-13(20)8-25-15(22)5-6-27-10-12(3)16(23)19-7-14(18)21/h11-14,17,20-21,24H,4-10,18H2,1-3H3,(H,19,23). The lowest BCUT2D eigenvalue weighted by Gasteiger charge is -2.19. The third kappa shape index (κ3) is 13.8. The summed E-state index contributed by atoms with van der Waals surface area (Å²) in [7, 11) is 0. The van der Waals surface area contributed by atoms with Crippen LogP contribution in [0.1, 0.15) is 33.6 Å². The van der Waals surface area contributed by atoms with Gasteiger partial charge in [0, 0.05) is 23.3 Å². The minimum absolute atomic E-state index is 0.000587. The van der Waals surface area contributed by atoms with Crippen molar-refractivity contribution in [3.8, 4) is 0 Å². The Morgan fingerprint density at radius 3 is 2.44 bits per heavy atom. The molecule has 5 unspecified atom stereocenters. The van der Waals surface area contributed by atoms with E-state index in [0.29, 0.717) is 11.5 Å². The van der Waals surface area contributed by atoms with Crippen molar-refractivity contribution < 1.29 is 34.4 Å². The van der Waals surface area contributed by atoms with Gasteiger partial charge in [-0.3, -0.25) is 9.59 Å². The Bertz CT molecular complexity index is 426. The molecule has 0 radical (unpaired) electrons. The number of hydrogen-bond acceptors (Lipinski definition) is 9. The van der Waals surface area contributed by atoms with Gasteiger partial charge in [0.1, 0.15) is 18.9 Å². The minimum Gasteiger partial charge on any atom is -0.463 e. The van der Waals surface area contributed by atoms with E-state index in [9.17, 15) is 19.8 Å². The van der Waals surface area contributed by atoms with Gasteiger partial charge in [-0.2, -0.15) is 11.8 Å². The molecular formula is C17H34N2O7S. The van der Waals surface area contributed by atoms with Crippen LogP contribution in [-0.4, -0.2) is 77.1 Å². The van der Waals surface area contributed by atoms with Crippen LogP contribution in [0.25, 0.3) is 0 Å². The van der Waals surface area contributed by atoms with Gasteiger partial charge in [-0.05, 0) is 6.42 Å². The van der Waals surface area contributed by atoms with E-state index in [4.69, 9.17) is 20.3 Å². The fraction of sp³-hybridized carbons (Fsp3) is 0.882. The molecule has 0 aromatic carbocycles. The van der Waals surface area contributed by atoms with Gasteiger partial charge in [-0.15, -0.1) is 0 Å². The molecule has 27 heavy (non-hydrogen) atoms. The van der Waals surface area contributed by atoms with Crippen LogP contribution in [0.5, 0.6) is 0 Å². The summed E-state index contributed by atoms with van der Waals surface area (Å²) in [5, 5.41) is 30.8. The smallest absolute Gasteiger partial charge is 0.306 e. The summed E-state index contributed by atoms with van der Waals surface area (Å²) >= 11 is 1.43. The largest absolute Gasteiger partial charge is 0.463 e. The van der Waals surface area contributed by atoms with Crippen LogP contribution in [0.2, 0.25) is 0 Å². The topological polar surface area (TPSA) is 151 Å². The molecule has 0 spiro atoms. The number of rotatable bonds is 15. The van der Waals surface area contributed by atoms with Gasteiger partial charge < -0.3 is 35.8 Å². The summed E-state index contributed by atoms with van der Waals surface area (Å²) in [5.41, 5.74) is 5.14. The van der Waals surface area contributed by atoms with Gasteiger partial charge in [0.25, 0.3) is 0 Å². The zero-order valence-corrected chi connectivity index (χ0v) is 17.1. The van der Waals surface area contributed by atoms with Crippen molar-refractivity contribution in [1.82, 2.24) is 5.32 Å². The number of ether oxygens (including phenoxy) is 2. The maximum atomic E-state index is 11.7. The molecule has 1 amide bonds. The van der Waals surface area contributed by atoms with Gasteiger partial charge in [0.2, 0.25) is 5.91 Å². The third-order valence-electron chi connectivity index (χ3n) is 3.78. The lowest BCUT2D eigenvalue weighted by Crippen LogP contribution is -2.39. The average molecular weight is 411 g/mol. The van der Waals surface area contributed by atoms with Crippen molar-refractivity contribution in [1.29, 1.82) is 0 Å². The third-order valence-corrected chi connectivity index (χ3v) is 5.01. The highest BCUT2D eigenvalue weighted by Crippen LogP contribution is 2.11. The van der Waals surface area contributed by atoms with E-state index >= 15 is 0 Å². The first-order chi connectivity index (χ1) is 12.7. The number of esters is 1. The van der Waals surface area contributed by atoms with E-state index in [-0.39, 0.29) is 43.9 Å². The minimum atomic E-state index is -1.08. The second-order valence-electron chi connectivity index (χ2n) is 6.48. The van der Waals surface area contributed by atoms with E-state index < -0.39 is 24.6 Å². The van der Waals surface area contributed by atoms with Crippen LogP contribution >= 0.6 is 11.8 Å². The zero-order valence-electron chi connectivity index (χ0n) is 16.3. The fourth-order valence-electron chi connectivity index (χ4n) is 1.76. The van der Waals surface area contributed by atoms with Crippen LogP contribution in [0.3, 0.4) is 0 Å². The van der Waals surface area contributed by atoms with Gasteiger partial charge in [-0.25, -0.2) is 0 Å². The van der Waals surface area contributed by atoms with E-state index in [2.05, 4.69) is 5.32 Å². The number of amides is 1. The number of nitrogens with one attached hydrogen (secondary N) is 1. The van der Waals surface area contributed by atoms with Crippen molar-refractivity contribution in [2.45, 2.75) is 52.2 Å². The molecule has 5 atom stereocenters. The van der Waals surface area contributed by atoms with Crippen LogP contribution < -0.4 is 11.1 Å². The second kappa shape index (κ2) is 15.1. The number of carbonyl (C=O) groups excluding carboxylic acids is 2. The normalized spacial score (nSPS) is 16.9. The summed E-state index contributed by atoms with van der Waals surface area (Å²) in [6.07, 6.45) is -2.13. The molecule has 0 aromatic rings. The molecular weight excluding hydrogens is 376 g/mol. The number of thioether (sulfide) groups is 1. The van der Waals surface area contributed by atoms with Crippen LogP contribution in [0.15, 0.2) is 0 Å². The molecule has 160 valence electrons. The van der Waals surface area contributed by atoms with Crippen molar-refractivity contribution in [3.05, 3.63) is 0 Å². The molecule has 0 aliphatic heterocycles.